The second kappa shape index (κ2) is 7.29. The highest BCUT2D eigenvalue weighted by molar-refractivity contribution is 7.86. The van der Waals surface area contributed by atoms with Crippen molar-refractivity contribution < 1.29 is 13.0 Å². The van der Waals surface area contributed by atoms with Crippen molar-refractivity contribution in [3.63, 3.8) is 0 Å². The van der Waals surface area contributed by atoms with Gasteiger partial charge in [-0.3, -0.25) is 9.55 Å². The lowest BCUT2D eigenvalue weighted by Crippen LogP contribution is -2.02. The minimum atomic E-state index is -4.28. The highest BCUT2D eigenvalue weighted by Gasteiger charge is 2.12. The van der Waals surface area contributed by atoms with Crippen LogP contribution in [0, 0.1) is 0 Å². The molecule has 0 aliphatic rings. The minimum absolute atomic E-state index is 0.166. The third-order valence-corrected chi connectivity index (χ3v) is 4.41. The van der Waals surface area contributed by atoms with E-state index in [4.69, 9.17) is 0 Å². The van der Waals surface area contributed by atoms with Crippen molar-refractivity contribution in [1.29, 1.82) is 0 Å². The quantitative estimate of drug-likeness (QED) is 0.526. The summed E-state index contributed by atoms with van der Waals surface area (Å²) in [5.41, 5.74) is 2.91. The lowest BCUT2D eigenvalue weighted by molar-refractivity contribution is 0.483. The molecule has 3 aromatic rings. The van der Waals surface area contributed by atoms with Crippen LogP contribution in [0.1, 0.15) is 5.56 Å². The summed E-state index contributed by atoms with van der Waals surface area (Å²) in [4.78, 5) is 4.10. The Morgan fingerprint density at radius 1 is 0.800 bits per heavy atom. The van der Waals surface area contributed by atoms with Gasteiger partial charge in [0.15, 0.2) is 0 Å². The average molecular weight is 352 g/mol. The minimum Gasteiger partial charge on any atom is -0.356 e. The van der Waals surface area contributed by atoms with Gasteiger partial charge in [0.25, 0.3) is 10.1 Å². The van der Waals surface area contributed by atoms with Gasteiger partial charge < -0.3 is 5.32 Å². The number of rotatable bonds is 5. The van der Waals surface area contributed by atoms with E-state index < -0.39 is 10.1 Å². The van der Waals surface area contributed by atoms with Crippen molar-refractivity contribution in [3.05, 3.63) is 84.4 Å². The summed E-state index contributed by atoms with van der Waals surface area (Å²) >= 11 is 0. The van der Waals surface area contributed by atoms with Crippen molar-refractivity contribution in [2.75, 3.05) is 5.32 Å². The molecular formula is C19H16N2O3S. The number of hydrogen-bond acceptors (Lipinski definition) is 4. The lowest BCUT2D eigenvalue weighted by Gasteiger charge is -2.06. The van der Waals surface area contributed by atoms with Crippen molar-refractivity contribution in [1.82, 2.24) is 0 Å². The number of hydrogen-bond donors (Lipinski definition) is 2. The molecule has 0 unspecified atom stereocenters. The molecule has 0 aliphatic heterocycles. The molecule has 0 aliphatic carbocycles. The second-order valence-electron chi connectivity index (χ2n) is 5.31. The Kier molecular flexibility index (Phi) is 4.92. The second-order valence-corrected chi connectivity index (χ2v) is 6.70. The van der Waals surface area contributed by atoms with Gasteiger partial charge in [0, 0.05) is 23.2 Å². The smallest absolute Gasteiger partial charge is 0.295 e. The zero-order chi connectivity index (χ0) is 17.7. The molecule has 0 aromatic heterocycles. The fourth-order valence-corrected chi connectivity index (χ4v) is 2.95. The first-order chi connectivity index (χ1) is 12.0. The van der Waals surface area contributed by atoms with E-state index >= 15 is 0 Å². The largest absolute Gasteiger partial charge is 0.356 e. The summed E-state index contributed by atoms with van der Waals surface area (Å²) in [7, 11) is -4.28. The molecule has 0 spiro atoms. The molecule has 0 amide bonds. The number of anilines is 2. The average Bonchev–Trinajstić information content (AvgIpc) is 2.61. The third-order valence-electron chi connectivity index (χ3n) is 3.48. The van der Waals surface area contributed by atoms with Gasteiger partial charge in [-0.1, -0.05) is 36.4 Å². The number of benzene rings is 3. The number of aliphatic imine (C=N–C) groups is 1. The zero-order valence-electron chi connectivity index (χ0n) is 13.2. The van der Waals surface area contributed by atoms with Gasteiger partial charge in [-0.15, -0.1) is 0 Å². The van der Waals surface area contributed by atoms with E-state index in [0.29, 0.717) is 11.3 Å². The van der Waals surface area contributed by atoms with E-state index in [1.54, 1.807) is 18.2 Å². The van der Waals surface area contributed by atoms with Gasteiger partial charge in [-0.05, 0) is 42.5 Å². The lowest BCUT2D eigenvalue weighted by atomic mass is 10.2. The molecule has 0 bridgehead atoms. The number of nitrogens with zero attached hydrogens (tertiary/aromatic N) is 1. The van der Waals surface area contributed by atoms with Gasteiger partial charge in [0.2, 0.25) is 0 Å². The van der Waals surface area contributed by atoms with E-state index in [1.165, 1.54) is 12.3 Å². The van der Waals surface area contributed by atoms with Crippen molar-refractivity contribution in [3.8, 4) is 0 Å². The first kappa shape index (κ1) is 16.9. The van der Waals surface area contributed by atoms with Gasteiger partial charge in [0.05, 0.1) is 5.69 Å². The number of para-hydroxylation sites is 1. The van der Waals surface area contributed by atoms with E-state index in [-0.39, 0.29) is 4.90 Å². The molecule has 6 heteroatoms. The third kappa shape index (κ3) is 4.53. The van der Waals surface area contributed by atoms with Crippen molar-refractivity contribution >= 4 is 33.4 Å². The summed E-state index contributed by atoms with van der Waals surface area (Å²) in [5, 5.41) is 3.27. The van der Waals surface area contributed by atoms with Crippen LogP contribution in [-0.2, 0) is 10.1 Å². The van der Waals surface area contributed by atoms with Crippen LogP contribution in [0.3, 0.4) is 0 Å². The Bertz CT molecular complexity index is 983. The van der Waals surface area contributed by atoms with E-state index in [1.807, 2.05) is 54.6 Å². The van der Waals surface area contributed by atoms with E-state index in [0.717, 1.165) is 11.4 Å². The van der Waals surface area contributed by atoms with Gasteiger partial charge in [-0.25, -0.2) is 0 Å². The van der Waals surface area contributed by atoms with Crippen molar-refractivity contribution in [2.24, 2.45) is 4.99 Å². The Hall–Kier alpha value is -2.96. The normalized spacial score (nSPS) is 11.6. The molecule has 2 N–H and O–H groups in total. The highest BCUT2D eigenvalue weighted by Crippen LogP contribution is 2.21. The van der Waals surface area contributed by atoms with Crippen LogP contribution in [0.5, 0.6) is 0 Å². The molecule has 3 aromatic carbocycles. The molecule has 0 saturated carbocycles. The summed E-state index contributed by atoms with van der Waals surface area (Å²) in [6.07, 6.45) is 1.42. The fourth-order valence-electron chi connectivity index (χ4n) is 2.29. The standard InChI is InChI=1S/C19H16N2O3S/c22-25(23,24)19-9-5-4-6-15(19)14-20-16-10-12-18(13-11-16)21-17-7-2-1-3-8-17/h1-14,21H,(H,22,23,24). The molecule has 0 fully saturated rings. The maximum Gasteiger partial charge on any atom is 0.295 e. The van der Waals surface area contributed by atoms with Crippen molar-refractivity contribution in [2.45, 2.75) is 4.90 Å². The molecule has 126 valence electrons. The first-order valence-corrected chi connectivity index (χ1v) is 8.99. The Balaban J connectivity index is 1.77. The SMILES string of the molecule is O=S(=O)(O)c1ccccc1C=Nc1ccc(Nc2ccccc2)cc1. The van der Waals surface area contributed by atoms with Crippen LogP contribution >= 0.6 is 0 Å². The summed E-state index contributed by atoms with van der Waals surface area (Å²) in [6, 6.07) is 23.3. The monoisotopic (exact) mass is 352 g/mol. The van der Waals surface area contributed by atoms with Crippen LogP contribution in [0.2, 0.25) is 0 Å². The molecule has 25 heavy (non-hydrogen) atoms. The summed E-state index contributed by atoms with van der Waals surface area (Å²) in [6.45, 7) is 0. The highest BCUT2D eigenvalue weighted by atomic mass is 32.2. The predicted octanol–water partition coefficient (Wildman–Crippen LogP) is 4.43. The first-order valence-electron chi connectivity index (χ1n) is 7.55. The molecule has 0 saturated heterocycles. The van der Waals surface area contributed by atoms with Gasteiger partial charge in [-0.2, -0.15) is 8.42 Å². The molecule has 0 atom stereocenters. The molecule has 5 nitrogen and oxygen atoms in total. The summed E-state index contributed by atoms with van der Waals surface area (Å²) < 4.78 is 32.0. The maximum atomic E-state index is 11.4. The van der Waals surface area contributed by atoms with Crippen LogP contribution in [0.15, 0.2) is 88.8 Å². The predicted molar refractivity (Wildman–Crippen MR) is 99.7 cm³/mol. The van der Waals surface area contributed by atoms with E-state index in [9.17, 15) is 13.0 Å². The zero-order valence-corrected chi connectivity index (χ0v) is 14.0. The summed E-state index contributed by atoms with van der Waals surface area (Å²) in [5.74, 6) is 0. The Morgan fingerprint density at radius 2 is 1.40 bits per heavy atom. The fraction of sp³-hybridized carbons (Fsp3) is 0. The van der Waals surface area contributed by atoms with Crippen LogP contribution in [-0.4, -0.2) is 19.2 Å². The topological polar surface area (TPSA) is 78.8 Å². The van der Waals surface area contributed by atoms with E-state index in [2.05, 4.69) is 10.3 Å². The molecule has 0 radical (unpaired) electrons. The molecule has 3 rings (SSSR count). The van der Waals surface area contributed by atoms with Crippen LogP contribution < -0.4 is 5.32 Å². The van der Waals surface area contributed by atoms with Gasteiger partial charge in [0.1, 0.15) is 4.90 Å². The molecular weight excluding hydrogens is 336 g/mol. The number of nitrogens with one attached hydrogen (secondary N) is 1. The van der Waals surface area contributed by atoms with Crippen LogP contribution in [0.4, 0.5) is 17.1 Å². The Morgan fingerprint density at radius 3 is 2.08 bits per heavy atom. The maximum absolute atomic E-state index is 11.4. The molecule has 0 heterocycles. The Labute approximate surface area is 146 Å². The van der Waals surface area contributed by atoms with Crippen LogP contribution in [0.25, 0.3) is 0 Å². The van der Waals surface area contributed by atoms with Gasteiger partial charge >= 0.3 is 0 Å².